The van der Waals surface area contributed by atoms with Crippen molar-refractivity contribution in [3.63, 3.8) is 0 Å². The van der Waals surface area contributed by atoms with Gasteiger partial charge in [-0.2, -0.15) is 0 Å². The van der Waals surface area contributed by atoms with Gasteiger partial charge in [0.25, 0.3) is 0 Å². The van der Waals surface area contributed by atoms with Crippen LogP contribution in [0.5, 0.6) is 0 Å². The second-order valence-corrected chi connectivity index (χ2v) is 4.30. The summed E-state index contributed by atoms with van der Waals surface area (Å²) in [7, 11) is 0. The first kappa shape index (κ1) is 10.9. The third-order valence-corrected chi connectivity index (χ3v) is 2.89. The topological polar surface area (TPSA) is 37.0 Å². The SMILES string of the molecule is Clc1ccc(CNC[C@@H]2CCCN2)cn1. The minimum absolute atomic E-state index is 0.552. The number of rotatable bonds is 4. The lowest BCUT2D eigenvalue weighted by atomic mass is 10.2. The lowest BCUT2D eigenvalue weighted by molar-refractivity contribution is 0.535. The van der Waals surface area contributed by atoms with Crippen molar-refractivity contribution in [3.8, 4) is 0 Å². The van der Waals surface area contributed by atoms with E-state index in [1.807, 2.05) is 18.3 Å². The van der Waals surface area contributed by atoms with E-state index >= 15 is 0 Å². The van der Waals surface area contributed by atoms with E-state index in [2.05, 4.69) is 15.6 Å². The summed E-state index contributed by atoms with van der Waals surface area (Å²) in [6, 6.07) is 4.47. The van der Waals surface area contributed by atoms with Crippen LogP contribution in [0.2, 0.25) is 5.15 Å². The van der Waals surface area contributed by atoms with Gasteiger partial charge in [0, 0.05) is 25.3 Å². The molecule has 0 radical (unpaired) electrons. The maximum Gasteiger partial charge on any atom is 0.129 e. The molecule has 2 N–H and O–H groups in total. The third kappa shape index (κ3) is 3.45. The van der Waals surface area contributed by atoms with Gasteiger partial charge in [0.05, 0.1) is 0 Å². The van der Waals surface area contributed by atoms with Crippen LogP contribution >= 0.6 is 11.6 Å². The molecule has 2 heterocycles. The fourth-order valence-electron chi connectivity index (χ4n) is 1.83. The second kappa shape index (κ2) is 5.45. The first-order chi connectivity index (χ1) is 7.34. The maximum atomic E-state index is 5.71. The number of halogens is 1. The Balaban J connectivity index is 1.71. The average Bonchev–Trinajstić information content (AvgIpc) is 2.74. The molecule has 2 rings (SSSR count). The first-order valence-corrected chi connectivity index (χ1v) is 5.77. The highest BCUT2D eigenvalue weighted by Gasteiger charge is 2.12. The predicted octanol–water partition coefficient (Wildman–Crippen LogP) is 1.58. The van der Waals surface area contributed by atoms with E-state index in [0.29, 0.717) is 11.2 Å². The van der Waals surface area contributed by atoms with E-state index in [1.54, 1.807) is 0 Å². The minimum Gasteiger partial charge on any atom is -0.313 e. The summed E-state index contributed by atoms with van der Waals surface area (Å²) >= 11 is 5.71. The van der Waals surface area contributed by atoms with Crippen molar-refractivity contribution in [2.45, 2.75) is 25.4 Å². The van der Waals surface area contributed by atoms with Crippen LogP contribution in [0.3, 0.4) is 0 Å². The molecule has 0 aliphatic carbocycles. The Morgan fingerprint density at radius 1 is 1.53 bits per heavy atom. The van der Waals surface area contributed by atoms with Gasteiger partial charge in [-0.3, -0.25) is 0 Å². The normalized spacial score (nSPS) is 20.7. The van der Waals surface area contributed by atoms with Crippen molar-refractivity contribution in [3.05, 3.63) is 29.0 Å². The van der Waals surface area contributed by atoms with E-state index in [4.69, 9.17) is 11.6 Å². The number of hydrogen-bond acceptors (Lipinski definition) is 3. The van der Waals surface area contributed by atoms with E-state index in [9.17, 15) is 0 Å². The Labute approximate surface area is 95.2 Å². The molecular formula is C11H16ClN3. The number of nitrogens with one attached hydrogen (secondary N) is 2. The molecule has 15 heavy (non-hydrogen) atoms. The van der Waals surface area contributed by atoms with Crippen molar-refractivity contribution in [2.24, 2.45) is 0 Å². The maximum absolute atomic E-state index is 5.71. The molecule has 82 valence electrons. The molecule has 1 aromatic heterocycles. The fraction of sp³-hybridized carbons (Fsp3) is 0.545. The summed E-state index contributed by atoms with van der Waals surface area (Å²) in [5, 5.41) is 7.42. The largest absolute Gasteiger partial charge is 0.313 e. The van der Waals surface area contributed by atoms with Crippen molar-refractivity contribution < 1.29 is 0 Å². The summed E-state index contributed by atoms with van der Waals surface area (Å²) < 4.78 is 0. The van der Waals surface area contributed by atoms with Crippen LogP contribution in [-0.4, -0.2) is 24.1 Å². The Hall–Kier alpha value is -0.640. The summed E-state index contributed by atoms with van der Waals surface area (Å²) in [6.45, 7) is 3.06. The van der Waals surface area contributed by atoms with Gasteiger partial charge in [-0.15, -0.1) is 0 Å². The highest BCUT2D eigenvalue weighted by Crippen LogP contribution is 2.06. The molecule has 1 fully saturated rings. The van der Waals surface area contributed by atoms with E-state index in [-0.39, 0.29) is 0 Å². The van der Waals surface area contributed by atoms with Crippen LogP contribution in [0.25, 0.3) is 0 Å². The van der Waals surface area contributed by atoms with Crippen molar-refractivity contribution >= 4 is 11.6 Å². The van der Waals surface area contributed by atoms with Crippen LogP contribution in [-0.2, 0) is 6.54 Å². The summed E-state index contributed by atoms with van der Waals surface area (Å²) in [5.74, 6) is 0. The third-order valence-electron chi connectivity index (χ3n) is 2.67. The zero-order valence-electron chi connectivity index (χ0n) is 8.67. The molecule has 1 aliphatic rings. The number of aromatic nitrogens is 1. The van der Waals surface area contributed by atoms with Gasteiger partial charge in [-0.25, -0.2) is 4.98 Å². The second-order valence-electron chi connectivity index (χ2n) is 3.91. The lowest BCUT2D eigenvalue weighted by Crippen LogP contribution is -2.33. The molecule has 0 saturated carbocycles. The van der Waals surface area contributed by atoms with Gasteiger partial charge in [0.15, 0.2) is 0 Å². The molecule has 0 amide bonds. The molecular weight excluding hydrogens is 210 g/mol. The van der Waals surface area contributed by atoms with E-state index in [0.717, 1.165) is 19.6 Å². The van der Waals surface area contributed by atoms with E-state index < -0.39 is 0 Å². The Morgan fingerprint density at radius 2 is 2.47 bits per heavy atom. The zero-order chi connectivity index (χ0) is 10.5. The van der Waals surface area contributed by atoms with Crippen molar-refractivity contribution in [1.29, 1.82) is 0 Å². The van der Waals surface area contributed by atoms with E-state index in [1.165, 1.54) is 18.4 Å². The molecule has 1 saturated heterocycles. The monoisotopic (exact) mass is 225 g/mol. The molecule has 0 bridgehead atoms. The molecule has 0 aromatic carbocycles. The standard InChI is InChI=1S/C11H16ClN3/c12-11-4-3-9(7-15-11)6-13-8-10-2-1-5-14-10/h3-4,7,10,13-14H,1-2,5-6,8H2/t10-/m0/s1. The van der Waals surface area contributed by atoms with Crippen molar-refractivity contribution in [2.75, 3.05) is 13.1 Å². The average molecular weight is 226 g/mol. The molecule has 0 unspecified atom stereocenters. The van der Waals surface area contributed by atoms with Gasteiger partial charge in [-0.1, -0.05) is 17.7 Å². The smallest absolute Gasteiger partial charge is 0.129 e. The van der Waals surface area contributed by atoms with Gasteiger partial charge in [0.1, 0.15) is 5.15 Å². The quantitative estimate of drug-likeness (QED) is 0.764. The Bertz CT molecular complexity index is 293. The van der Waals surface area contributed by atoms with Crippen LogP contribution in [0.4, 0.5) is 0 Å². The number of hydrogen-bond donors (Lipinski definition) is 2. The first-order valence-electron chi connectivity index (χ1n) is 5.39. The zero-order valence-corrected chi connectivity index (χ0v) is 9.43. The van der Waals surface area contributed by atoms with Gasteiger partial charge in [-0.05, 0) is 31.0 Å². The molecule has 0 spiro atoms. The Morgan fingerprint density at radius 3 is 3.13 bits per heavy atom. The van der Waals surface area contributed by atoms with Crippen LogP contribution in [0.1, 0.15) is 18.4 Å². The van der Waals surface area contributed by atoms with Gasteiger partial charge >= 0.3 is 0 Å². The molecule has 1 aliphatic heterocycles. The molecule has 4 heteroatoms. The summed E-state index contributed by atoms with van der Waals surface area (Å²) in [6.07, 6.45) is 4.40. The van der Waals surface area contributed by atoms with Gasteiger partial charge < -0.3 is 10.6 Å². The summed E-state index contributed by atoms with van der Waals surface area (Å²) in [5.41, 5.74) is 1.18. The van der Waals surface area contributed by atoms with Crippen LogP contribution in [0, 0.1) is 0 Å². The minimum atomic E-state index is 0.552. The lowest BCUT2D eigenvalue weighted by Gasteiger charge is -2.11. The van der Waals surface area contributed by atoms with Crippen LogP contribution < -0.4 is 10.6 Å². The highest BCUT2D eigenvalue weighted by atomic mass is 35.5. The highest BCUT2D eigenvalue weighted by molar-refractivity contribution is 6.29. The number of pyridine rings is 1. The van der Waals surface area contributed by atoms with Gasteiger partial charge in [0.2, 0.25) is 0 Å². The van der Waals surface area contributed by atoms with Crippen molar-refractivity contribution in [1.82, 2.24) is 15.6 Å². The predicted molar refractivity (Wildman–Crippen MR) is 62.0 cm³/mol. The fourth-order valence-corrected chi connectivity index (χ4v) is 1.94. The number of nitrogens with zero attached hydrogens (tertiary/aromatic N) is 1. The van der Waals surface area contributed by atoms with Crippen LogP contribution in [0.15, 0.2) is 18.3 Å². The molecule has 1 atom stereocenters. The molecule has 3 nitrogen and oxygen atoms in total. The Kier molecular flexibility index (Phi) is 3.94. The summed E-state index contributed by atoms with van der Waals surface area (Å²) in [4.78, 5) is 4.04. The molecule has 1 aromatic rings.